The van der Waals surface area contributed by atoms with Gasteiger partial charge < -0.3 is 5.11 Å². The molecule has 1 N–H and O–H groups in total. The Hall–Kier alpha value is -2.17. The molecule has 0 atom stereocenters. The fraction of sp³-hybridized carbons (Fsp3) is 0.357. The molecule has 0 fully saturated rings. The van der Waals surface area contributed by atoms with Crippen LogP contribution in [0.15, 0.2) is 30.5 Å². The van der Waals surface area contributed by atoms with E-state index in [-0.39, 0.29) is 0 Å². The number of hydrogen-bond donors (Lipinski definition) is 1. The molecule has 5 heteroatoms. The molecule has 5 nitrogen and oxygen atoms in total. The Bertz CT molecular complexity index is 585. The van der Waals surface area contributed by atoms with Crippen LogP contribution < -0.4 is 0 Å². The maximum absolute atomic E-state index is 11.3. The van der Waals surface area contributed by atoms with E-state index in [2.05, 4.69) is 17.2 Å². The largest absolute Gasteiger partial charge is 0.479 e. The summed E-state index contributed by atoms with van der Waals surface area (Å²) in [6.07, 6.45) is 2.56. The van der Waals surface area contributed by atoms with Crippen LogP contribution in [-0.4, -0.2) is 26.1 Å². The lowest BCUT2D eigenvalue weighted by Gasteiger charge is -2.21. The summed E-state index contributed by atoms with van der Waals surface area (Å²) in [4.78, 5) is 11.3. The quantitative estimate of drug-likeness (QED) is 0.915. The van der Waals surface area contributed by atoms with Crippen LogP contribution in [0, 0.1) is 0 Å². The van der Waals surface area contributed by atoms with Crippen molar-refractivity contribution < 1.29 is 9.90 Å². The third kappa shape index (κ3) is 2.36. The van der Waals surface area contributed by atoms with Crippen molar-refractivity contribution in [2.24, 2.45) is 0 Å². The number of aromatic nitrogens is 3. The number of rotatable bonds is 4. The van der Waals surface area contributed by atoms with E-state index in [1.54, 1.807) is 20.0 Å². The number of aliphatic carboxylic acids is 1. The van der Waals surface area contributed by atoms with Crippen molar-refractivity contribution in [1.82, 2.24) is 15.0 Å². The van der Waals surface area contributed by atoms with E-state index in [9.17, 15) is 9.90 Å². The molecule has 0 saturated carbocycles. The molecule has 0 aliphatic rings. The first-order valence-electron chi connectivity index (χ1n) is 6.20. The second-order valence-electron chi connectivity index (χ2n) is 4.95. The van der Waals surface area contributed by atoms with Crippen LogP contribution >= 0.6 is 0 Å². The Labute approximate surface area is 111 Å². The van der Waals surface area contributed by atoms with Crippen molar-refractivity contribution >= 4 is 5.97 Å². The topological polar surface area (TPSA) is 68.0 Å². The van der Waals surface area contributed by atoms with Crippen molar-refractivity contribution in [3.8, 4) is 11.3 Å². The van der Waals surface area contributed by atoms with Gasteiger partial charge >= 0.3 is 5.97 Å². The van der Waals surface area contributed by atoms with Gasteiger partial charge in [0.25, 0.3) is 0 Å². The Balaban J connectivity index is 2.46. The highest BCUT2D eigenvalue weighted by Gasteiger charge is 2.32. The molecule has 2 aromatic rings. The lowest BCUT2D eigenvalue weighted by molar-refractivity contribution is -0.146. The molecule has 1 aromatic heterocycles. The molecule has 0 aliphatic heterocycles. The first kappa shape index (κ1) is 13.3. The molecule has 1 aromatic carbocycles. The van der Waals surface area contributed by atoms with E-state index < -0.39 is 11.5 Å². The molecule has 2 rings (SSSR count). The van der Waals surface area contributed by atoms with Crippen molar-refractivity contribution in [3.05, 3.63) is 36.0 Å². The summed E-state index contributed by atoms with van der Waals surface area (Å²) in [5, 5.41) is 17.0. The number of nitrogens with zero attached hydrogens (tertiary/aromatic N) is 3. The van der Waals surface area contributed by atoms with Gasteiger partial charge in [-0.05, 0) is 25.8 Å². The molecule has 19 heavy (non-hydrogen) atoms. The number of carboxylic acids is 1. The minimum Gasteiger partial charge on any atom is -0.479 e. The standard InChI is InChI=1S/C14H17N3O2/c1-4-10-5-7-11(8-6-10)12-9-15-16-17(12)14(2,3)13(18)19/h5-9H,4H2,1-3H3,(H,18,19). The van der Waals surface area contributed by atoms with Gasteiger partial charge in [-0.2, -0.15) is 0 Å². The molecule has 0 saturated heterocycles. The fourth-order valence-corrected chi connectivity index (χ4v) is 1.85. The predicted octanol–water partition coefficient (Wildman–Crippen LogP) is 2.33. The smallest absolute Gasteiger partial charge is 0.331 e. The zero-order chi connectivity index (χ0) is 14.0. The maximum Gasteiger partial charge on any atom is 0.331 e. The van der Waals surface area contributed by atoms with Gasteiger partial charge in [-0.1, -0.05) is 36.4 Å². The van der Waals surface area contributed by atoms with Gasteiger partial charge in [-0.3, -0.25) is 0 Å². The van der Waals surface area contributed by atoms with Gasteiger partial charge in [-0.25, -0.2) is 9.48 Å². The lowest BCUT2D eigenvalue weighted by Crippen LogP contribution is -2.37. The average molecular weight is 259 g/mol. The highest BCUT2D eigenvalue weighted by molar-refractivity contribution is 5.76. The van der Waals surface area contributed by atoms with Gasteiger partial charge in [-0.15, -0.1) is 5.10 Å². The molecule has 0 spiro atoms. The summed E-state index contributed by atoms with van der Waals surface area (Å²) < 4.78 is 1.44. The minimum atomic E-state index is -1.13. The summed E-state index contributed by atoms with van der Waals surface area (Å²) in [5.74, 6) is -0.940. The molecule has 100 valence electrons. The van der Waals surface area contributed by atoms with Crippen molar-refractivity contribution in [1.29, 1.82) is 0 Å². The normalized spacial score (nSPS) is 11.5. The second-order valence-corrected chi connectivity index (χ2v) is 4.95. The van der Waals surface area contributed by atoms with Crippen LogP contribution in [0.25, 0.3) is 11.3 Å². The van der Waals surface area contributed by atoms with E-state index in [4.69, 9.17) is 0 Å². The van der Waals surface area contributed by atoms with Gasteiger partial charge in [0.1, 0.15) is 0 Å². The van der Waals surface area contributed by atoms with Crippen LogP contribution in [0.3, 0.4) is 0 Å². The second kappa shape index (κ2) is 4.84. The average Bonchev–Trinajstić information content (AvgIpc) is 2.88. The zero-order valence-electron chi connectivity index (χ0n) is 11.3. The minimum absolute atomic E-state index is 0.704. The third-order valence-electron chi connectivity index (χ3n) is 3.26. The SMILES string of the molecule is CCc1ccc(-c2cnnn2C(C)(C)C(=O)O)cc1. The van der Waals surface area contributed by atoms with Crippen LogP contribution in [-0.2, 0) is 16.8 Å². The zero-order valence-corrected chi connectivity index (χ0v) is 11.3. The van der Waals surface area contributed by atoms with Crippen LogP contribution in [0.2, 0.25) is 0 Å². The van der Waals surface area contributed by atoms with Crippen molar-refractivity contribution in [2.45, 2.75) is 32.7 Å². The Morgan fingerprint density at radius 1 is 1.32 bits per heavy atom. The van der Waals surface area contributed by atoms with Crippen LogP contribution in [0.1, 0.15) is 26.3 Å². The highest BCUT2D eigenvalue weighted by atomic mass is 16.4. The molecule has 0 amide bonds. The number of carboxylic acid groups (broad SMARTS) is 1. The molecule has 1 heterocycles. The predicted molar refractivity (Wildman–Crippen MR) is 71.8 cm³/mol. The van der Waals surface area contributed by atoms with Crippen LogP contribution in [0.4, 0.5) is 0 Å². The molecule has 0 bridgehead atoms. The lowest BCUT2D eigenvalue weighted by atomic mass is 10.0. The first-order valence-corrected chi connectivity index (χ1v) is 6.20. The van der Waals surface area contributed by atoms with Gasteiger partial charge in [0.15, 0.2) is 5.54 Å². The van der Waals surface area contributed by atoms with E-state index in [1.807, 2.05) is 24.3 Å². The molecule has 0 radical (unpaired) electrons. The van der Waals surface area contributed by atoms with E-state index in [1.165, 1.54) is 10.2 Å². The molecule has 0 aliphatic carbocycles. The molecular weight excluding hydrogens is 242 g/mol. The highest BCUT2D eigenvalue weighted by Crippen LogP contribution is 2.25. The van der Waals surface area contributed by atoms with Crippen LogP contribution in [0.5, 0.6) is 0 Å². The summed E-state index contributed by atoms with van der Waals surface area (Å²) in [7, 11) is 0. The van der Waals surface area contributed by atoms with Gasteiger partial charge in [0.05, 0.1) is 11.9 Å². The monoisotopic (exact) mass is 259 g/mol. The molecule has 0 unspecified atom stereocenters. The first-order chi connectivity index (χ1) is 8.96. The van der Waals surface area contributed by atoms with Crippen molar-refractivity contribution in [2.75, 3.05) is 0 Å². The van der Waals surface area contributed by atoms with E-state index >= 15 is 0 Å². The fourth-order valence-electron chi connectivity index (χ4n) is 1.85. The summed E-state index contributed by atoms with van der Waals surface area (Å²) in [6.45, 7) is 5.30. The number of aryl methyl sites for hydroxylation is 1. The molecular formula is C14H17N3O2. The Morgan fingerprint density at radius 2 is 1.95 bits per heavy atom. The summed E-state index contributed by atoms with van der Waals surface area (Å²) in [6, 6.07) is 7.98. The third-order valence-corrected chi connectivity index (χ3v) is 3.26. The summed E-state index contributed by atoms with van der Waals surface area (Å²) >= 11 is 0. The number of hydrogen-bond acceptors (Lipinski definition) is 3. The van der Waals surface area contributed by atoms with E-state index in [0.717, 1.165) is 12.0 Å². The Kier molecular flexibility index (Phi) is 3.38. The van der Waals surface area contributed by atoms with Crippen molar-refractivity contribution in [3.63, 3.8) is 0 Å². The van der Waals surface area contributed by atoms with E-state index in [0.29, 0.717) is 5.69 Å². The van der Waals surface area contributed by atoms with Gasteiger partial charge in [0.2, 0.25) is 0 Å². The van der Waals surface area contributed by atoms with Gasteiger partial charge in [0, 0.05) is 5.56 Å². The maximum atomic E-state index is 11.3. The summed E-state index contributed by atoms with van der Waals surface area (Å²) in [5.41, 5.74) is 1.72. The number of benzene rings is 1. The number of carbonyl (C=O) groups is 1. The Morgan fingerprint density at radius 3 is 2.47 bits per heavy atom.